The van der Waals surface area contributed by atoms with Gasteiger partial charge in [0.1, 0.15) is 5.75 Å². The Kier molecular flexibility index (Phi) is 6.69. The van der Waals surface area contributed by atoms with Gasteiger partial charge in [-0.05, 0) is 47.5 Å². The normalized spacial score (nSPS) is 10.6. The van der Waals surface area contributed by atoms with Crippen LogP contribution in [0.3, 0.4) is 0 Å². The molecule has 0 spiro atoms. The average molecular weight is 442 g/mol. The summed E-state index contributed by atoms with van der Waals surface area (Å²) < 4.78 is 6.60. The van der Waals surface area contributed by atoms with Crippen molar-refractivity contribution in [2.75, 3.05) is 31.4 Å². The molecule has 0 aliphatic heterocycles. The van der Waals surface area contributed by atoms with Gasteiger partial charge in [0.2, 0.25) is 5.95 Å². The van der Waals surface area contributed by atoms with Crippen molar-refractivity contribution in [2.45, 2.75) is 13.0 Å². The molecule has 0 unspecified atom stereocenters. The van der Waals surface area contributed by atoms with Crippen molar-refractivity contribution in [1.29, 1.82) is 0 Å². The third kappa shape index (κ3) is 5.38. The van der Waals surface area contributed by atoms with Gasteiger partial charge in [0.15, 0.2) is 5.82 Å². The zero-order valence-corrected chi connectivity index (χ0v) is 19.0. The average Bonchev–Trinajstić information content (AvgIpc) is 3.28. The molecule has 0 radical (unpaired) electrons. The van der Waals surface area contributed by atoms with Crippen molar-refractivity contribution in [3.8, 4) is 17.1 Å². The summed E-state index contributed by atoms with van der Waals surface area (Å²) in [5.41, 5.74) is 3.94. The topological polar surface area (TPSA) is 72.3 Å². The lowest BCUT2D eigenvalue weighted by Gasteiger charge is -2.13. The van der Waals surface area contributed by atoms with Gasteiger partial charge in [0.25, 0.3) is 5.91 Å². The predicted octanol–water partition coefficient (Wildman–Crippen LogP) is 4.51. The molecule has 1 N–H and O–H groups in total. The summed E-state index contributed by atoms with van der Waals surface area (Å²) in [4.78, 5) is 19.8. The molecule has 7 heteroatoms. The Morgan fingerprint density at radius 1 is 0.939 bits per heavy atom. The summed E-state index contributed by atoms with van der Waals surface area (Å²) in [6.07, 6.45) is 0.235. The highest BCUT2D eigenvalue weighted by Gasteiger charge is 2.18. The van der Waals surface area contributed by atoms with Crippen molar-refractivity contribution in [3.05, 3.63) is 90.0 Å². The monoisotopic (exact) mass is 441 g/mol. The van der Waals surface area contributed by atoms with Gasteiger partial charge in [0.05, 0.1) is 13.5 Å². The molecule has 7 nitrogen and oxygen atoms in total. The smallest absolute Gasteiger partial charge is 0.254 e. The van der Waals surface area contributed by atoms with E-state index in [1.54, 1.807) is 7.11 Å². The first-order chi connectivity index (χ1) is 16.0. The Balaban J connectivity index is 1.59. The molecule has 0 aliphatic rings. The van der Waals surface area contributed by atoms with Crippen molar-refractivity contribution in [3.63, 3.8) is 0 Å². The van der Waals surface area contributed by atoms with Crippen molar-refractivity contribution < 1.29 is 9.53 Å². The number of methoxy groups -OCH3 is 1. The molecule has 0 saturated heterocycles. The number of nitrogens with one attached hydrogen (secondary N) is 1. The van der Waals surface area contributed by atoms with Gasteiger partial charge in [-0.25, -0.2) is 0 Å². The quantitative estimate of drug-likeness (QED) is 0.434. The molecule has 33 heavy (non-hydrogen) atoms. The zero-order valence-electron chi connectivity index (χ0n) is 19.0. The number of carbonyl (C=O) groups is 1. The van der Waals surface area contributed by atoms with Gasteiger partial charge >= 0.3 is 0 Å². The molecule has 0 bridgehead atoms. The first kappa shape index (κ1) is 22.1. The van der Waals surface area contributed by atoms with Crippen LogP contribution in [0.4, 0.5) is 11.6 Å². The minimum Gasteiger partial charge on any atom is -0.497 e. The maximum atomic E-state index is 13.1. The summed E-state index contributed by atoms with van der Waals surface area (Å²) in [6.45, 7) is 0.521. The van der Waals surface area contributed by atoms with Crippen LogP contribution in [0.1, 0.15) is 15.9 Å². The van der Waals surface area contributed by atoms with E-state index in [1.165, 1.54) is 4.68 Å². The second-order valence-electron chi connectivity index (χ2n) is 7.87. The highest BCUT2D eigenvalue weighted by molar-refractivity contribution is 5.83. The number of rotatable bonds is 8. The van der Waals surface area contributed by atoms with Gasteiger partial charge in [-0.1, -0.05) is 42.5 Å². The van der Waals surface area contributed by atoms with E-state index in [1.807, 2.05) is 68.7 Å². The second kappa shape index (κ2) is 9.99. The molecule has 3 aromatic carbocycles. The first-order valence-corrected chi connectivity index (χ1v) is 10.7. The Morgan fingerprint density at radius 3 is 2.27 bits per heavy atom. The van der Waals surface area contributed by atoms with Gasteiger partial charge in [-0.3, -0.25) is 4.79 Å². The molecule has 0 fully saturated rings. The number of nitrogens with zero attached hydrogens (tertiary/aromatic N) is 4. The van der Waals surface area contributed by atoms with Crippen LogP contribution in [0.25, 0.3) is 11.4 Å². The van der Waals surface area contributed by atoms with E-state index in [0.29, 0.717) is 18.3 Å². The number of hydrogen-bond acceptors (Lipinski definition) is 6. The van der Waals surface area contributed by atoms with E-state index >= 15 is 0 Å². The number of benzene rings is 3. The summed E-state index contributed by atoms with van der Waals surface area (Å²) in [6, 6.07) is 25.3. The van der Waals surface area contributed by atoms with Crippen LogP contribution in [0.15, 0.2) is 78.9 Å². The van der Waals surface area contributed by atoms with Gasteiger partial charge < -0.3 is 15.0 Å². The van der Waals surface area contributed by atoms with Crippen molar-refractivity contribution >= 4 is 17.5 Å². The van der Waals surface area contributed by atoms with Crippen LogP contribution in [0, 0.1) is 0 Å². The number of ether oxygens (including phenoxy) is 1. The van der Waals surface area contributed by atoms with E-state index in [4.69, 9.17) is 4.74 Å². The van der Waals surface area contributed by atoms with E-state index in [-0.39, 0.29) is 12.3 Å². The predicted molar refractivity (Wildman–Crippen MR) is 131 cm³/mol. The van der Waals surface area contributed by atoms with E-state index < -0.39 is 0 Å². The van der Waals surface area contributed by atoms with Gasteiger partial charge in [-0.15, -0.1) is 5.10 Å². The van der Waals surface area contributed by atoms with Gasteiger partial charge in [-0.2, -0.15) is 9.67 Å². The summed E-state index contributed by atoms with van der Waals surface area (Å²) in [5.74, 6) is 1.49. The van der Waals surface area contributed by atoms with Gasteiger partial charge in [0, 0.05) is 31.9 Å². The molecule has 1 heterocycles. The maximum absolute atomic E-state index is 13.1. The number of aromatic nitrogens is 3. The van der Waals surface area contributed by atoms with Crippen molar-refractivity contribution in [2.24, 2.45) is 0 Å². The summed E-state index contributed by atoms with van der Waals surface area (Å²) in [7, 11) is 5.64. The molecule has 0 amide bonds. The lowest BCUT2D eigenvalue weighted by Crippen LogP contribution is -2.18. The first-order valence-electron chi connectivity index (χ1n) is 10.7. The Hall–Kier alpha value is -4.13. The van der Waals surface area contributed by atoms with E-state index in [9.17, 15) is 4.79 Å². The molecular formula is C26H27N5O2. The number of anilines is 2. The molecule has 1 aromatic heterocycles. The Labute approximate surface area is 193 Å². The molecule has 0 saturated carbocycles. The molecule has 168 valence electrons. The SMILES string of the molecule is COc1ccc(-c2nc(NCc3ccc(N(C)C)cc3)n(C(=O)Cc3ccccc3)n2)cc1. The maximum Gasteiger partial charge on any atom is 0.254 e. The minimum absolute atomic E-state index is 0.154. The molecular weight excluding hydrogens is 414 g/mol. The van der Waals surface area contributed by atoms with Crippen LogP contribution in [0.5, 0.6) is 5.75 Å². The summed E-state index contributed by atoms with van der Waals surface area (Å²) in [5, 5.41) is 7.82. The van der Waals surface area contributed by atoms with E-state index in [0.717, 1.165) is 28.1 Å². The van der Waals surface area contributed by atoms with Crippen LogP contribution in [0.2, 0.25) is 0 Å². The highest BCUT2D eigenvalue weighted by atomic mass is 16.5. The Bertz CT molecular complexity index is 1200. The lowest BCUT2D eigenvalue weighted by molar-refractivity contribution is 0.0901. The van der Waals surface area contributed by atoms with Crippen LogP contribution >= 0.6 is 0 Å². The molecule has 0 atom stereocenters. The van der Waals surface area contributed by atoms with Crippen molar-refractivity contribution in [1.82, 2.24) is 14.8 Å². The Morgan fingerprint density at radius 2 is 1.64 bits per heavy atom. The molecule has 0 aliphatic carbocycles. The largest absolute Gasteiger partial charge is 0.497 e. The van der Waals surface area contributed by atoms with Crippen LogP contribution in [-0.4, -0.2) is 41.9 Å². The third-order valence-corrected chi connectivity index (χ3v) is 5.29. The number of hydrogen-bond donors (Lipinski definition) is 1. The summed E-state index contributed by atoms with van der Waals surface area (Å²) >= 11 is 0. The standard InChI is InChI=1S/C26H27N5O2/c1-30(2)22-13-9-20(10-14-22)18-27-26-28-25(21-11-15-23(33-3)16-12-21)29-31(26)24(32)17-19-7-5-4-6-8-19/h4-16H,17-18H2,1-3H3,(H,27,28,29). The molecule has 4 aromatic rings. The number of carbonyl (C=O) groups excluding carboxylic acids is 1. The zero-order chi connectivity index (χ0) is 23.2. The third-order valence-electron chi connectivity index (χ3n) is 5.29. The second-order valence-corrected chi connectivity index (χ2v) is 7.87. The van der Waals surface area contributed by atoms with E-state index in [2.05, 4.69) is 44.6 Å². The highest BCUT2D eigenvalue weighted by Crippen LogP contribution is 2.22. The van der Waals surface area contributed by atoms with Crippen LogP contribution < -0.4 is 15.0 Å². The minimum atomic E-state index is -0.154. The fourth-order valence-electron chi connectivity index (χ4n) is 3.40. The molecule has 4 rings (SSSR count). The fraction of sp³-hybridized carbons (Fsp3) is 0.192. The lowest BCUT2D eigenvalue weighted by atomic mass is 10.1. The fourth-order valence-corrected chi connectivity index (χ4v) is 3.40. The van der Waals surface area contributed by atoms with Crippen LogP contribution in [-0.2, 0) is 13.0 Å².